The van der Waals surface area contributed by atoms with Gasteiger partial charge in [0, 0.05) is 19.6 Å². The van der Waals surface area contributed by atoms with Crippen molar-refractivity contribution in [3.8, 4) is 0 Å². The highest BCUT2D eigenvalue weighted by atomic mass is 15.2. The maximum absolute atomic E-state index is 4.55. The van der Waals surface area contributed by atoms with E-state index in [2.05, 4.69) is 42.4 Å². The van der Waals surface area contributed by atoms with E-state index in [9.17, 15) is 0 Å². The van der Waals surface area contributed by atoms with Crippen LogP contribution < -0.4 is 10.6 Å². The van der Waals surface area contributed by atoms with Gasteiger partial charge < -0.3 is 20.5 Å². The number of anilines is 2. The second-order valence-electron chi connectivity index (χ2n) is 5.40. The summed E-state index contributed by atoms with van der Waals surface area (Å²) in [7, 11) is 0. The molecule has 0 amide bonds. The molecule has 0 radical (unpaired) electrons. The fourth-order valence-corrected chi connectivity index (χ4v) is 2.62. The summed E-state index contributed by atoms with van der Waals surface area (Å²) >= 11 is 0. The number of aromatic nitrogens is 4. The van der Waals surface area contributed by atoms with Gasteiger partial charge in [-0.25, -0.2) is 4.98 Å². The van der Waals surface area contributed by atoms with E-state index in [1.54, 1.807) is 6.33 Å². The highest BCUT2D eigenvalue weighted by Crippen LogP contribution is 2.18. The molecule has 1 fully saturated rings. The molecule has 2 aromatic rings. The first kappa shape index (κ1) is 14.1. The van der Waals surface area contributed by atoms with E-state index in [1.165, 1.54) is 25.9 Å². The Labute approximate surface area is 124 Å². The topological polar surface area (TPSA) is 81.8 Å². The van der Waals surface area contributed by atoms with Gasteiger partial charge in [-0.05, 0) is 32.4 Å². The average molecular weight is 289 g/mol. The smallest absolute Gasteiger partial charge is 0.226 e. The van der Waals surface area contributed by atoms with E-state index in [0.717, 1.165) is 37.4 Å². The average Bonchev–Trinajstić information content (AvgIpc) is 3.15. The van der Waals surface area contributed by atoms with Gasteiger partial charge in [0.05, 0.1) is 6.33 Å². The molecule has 0 atom stereocenters. The number of nitrogens with one attached hydrogen (secondary N) is 3. The van der Waals surface area contributed by atoms with Crippen LogP contribution in [0.25, 0.3) is 11.2 Å². The number of hydrogen-bond donors (Lipinski definition) is 3. The molecule has 7 heteroatoms. The number of aromatic amines is 1. The lowest BCUT2D eigenvalue weighted by molar-refractivity contribution is 0.352. The van der Waals surface area contributed by atoms with Gasteiger partial charge in [-0.1, -0.05) is 6.92 Å². The van der Waals surface area contributed by atoms with Crippen LogP contribution in [0.15, 0.2) is 6.33 Å². The van der Waals surface area contributed by atoms with Gasteiger partial charge in [-0.3, -0.25) is 0 Å². The highest BCUT2D eigenvalue weighted by molar-refractivity contribution is 5.83. The van der Waals surface area contributed by atoms with Crippen molar-refractivity contribution in [3.05, 3.63) is 6.33 Å². The van der Waals surface area contributed by atoms with Crippen LogP contribution in [0.4, 0.5) is 11.8 Å². The van der Waals surface area contributed by atoms with Crippen LogP contribution in [0.1, 0.15) is 26.2 Å². The van der Waals surface area contributed by atoms with Crippen LogP contribution in [0.3, 0.4) is 0 Å². The molecule has 0 spiro atoms. The van der Waals surface area contributed by atoms with Crippen LogP contribution in [-0.4, -0.2) is 57.6 Å². The van der Waals surface area contributed by atoms with E-state index in [1.807, 2.05) is 0 Å². The number of likely N-dealkylation sites (tertiary alicyclic amines) is 1. The van der Waals surface area contributed by atoms with Crippen molar-refractivity contribution in [3.63, 3.8) is 0 Å². The van der Waals surface area contributed by atoms with Gasteiger partial charge in [0.25, 0.3) is 0 Å². The van der Waals surface area contributed by atoms with Gasteiger partial charge in [-0.2, -0.15) is 9.97 Å². The molecular formula is C14H23N7. The number of H-pyrrole nitrogens is 1. The van der Waals surface area contributed by atoms with E-state index in [4.69, 9.17) is 0 Å². The first-order valence-electron chi connectivity index (χ1n) is 7.78. The highest BCUT2D eigenvalue weighted by Gasteiger charge is 2.12. The molecule has 1 aliphatic heterocycles. The summed E-state index contributed by atoms with van der Waals surface area (Å²) in [5.74, 6) is 1.47. The van der Waals surface area contributed by atoms with Crippen molar-refractivity contribution < 1.29 is 0 Å². The third-order valence-electron chi connectivity index (χ3n) is 3.74. The Morgan fingerprint density at radius 3 is 2.86 bits per heavy atom. The Bertz CT molecular complexity index is 574. The molecule has 0 bridgehead atoms. The van der Waals surface area contributed by atoms with Crippen molar-refractivity contribution in [2.75, 3.05) is 43.4 Å². The third kappa shape index (κ3) is 3.41. The van der Waals surface area contributed by atoms with Gasteiger partial charge in [0.2, 0.25) is 5.95 Å². The molecule has 3 N–H and O–H groups in total. The maximum atomic E-state index is 4.55. The van der Waals surface area contributed by atoms with E-state index >= 15 is 0 Å². The number of rotatable bonds is 7. The molecule has 1 saturated heterocycles. The quantitative estimate of drug-likeness (QED) is 0.719. The lowest BCUT2D eigenvalue weighted by Crippen LogP contribution is -2.26. The second-order valence-corrected chi connectivity index (χ2v) is 5.40. The molecular weight excluding hydrogens is 266 g/mol. The Morgan fingerprint density at radius 1 is 1.19 bits per heavy atom. The van der Waals surface area contributed by atoms with Crippen molar-refractivity contribution in [2.45, 2.75) is 26.2 Å². The third-order valence-corrected chi connectivity index (χ3v) is 3.74. The molecule has 3 rings (SSSR count). The van der Waals surface area contributed by atoms with Crippen molar-refractivity contribution >= 4 is 22.9 Å². The van der Waals surface area contributed by atoms with E-state index in [-0.39, 0.29) is 0 Å². The van der Waals surface area contributed by atoms with Crippen molar-refractivity contribution in [1.29, 1.82) is 0 Å². The van der Waals surface area contributed by atoms with Gasteiger partial charge in [0.15, 0.2) is 11.5 Å². The minimum atomic E-state index is 0.639. The van der Waals surface area contributed by atoms with Crippen LogP contribution in [0.2, 0.25) is 0 Å². The minimum Gasteiger partial charge on any atom is -0.367 e. The van der Waals surface area contributed by atoms with Gasteiger partial charge >= 0.3 is 0 Å². The standard InChI is InChI=1S/C14H23N7/c1-2-5-16-14-19-12(11-13(20-14)18-10-17-11)15-6-9-21-7-3-4-8-21/h10H,2-9H2,1H3,(H3,15,16,17,18,19,20). The molecule has 114 valence electrons. The van der Waals surface area contributed by atoms with Crippen LogP contribution >= 0.6 is 0 Å². The van der Waals surface area contributed by atoms with E-state index < -0.39 is 0 Å². The van der Waals surface area contributed by atoms with E-state index in [0.29, 0.717) is 11.6 Å². The maximum Gasteiger partial charge on any atom is 0.226 e. The predicted octanol–water partition coefficient (Wildman–Crippen LogP) is 1.68. The first-order valence-corrected chi connectivity index (χ1v) is 7.78. The Morgan fingerprint density at radius 2 is 2.05 bits per heavy atom. The van der Waals surface area contributed by atoms with Crippen LogP contribution in [0, 0.1) is 0 Å². The Balaban J connectivity index is 1.68. The van der Waals surface area contributed by atoms with Crippen molar-refractivity contribution in [1.82, 2.24) is 24.8 Å². The molecule has 0 saturated carbocycles. The summed E-state index contributed by atoms with van der Waals surface area (Å²) in [6.45, 7) is 7.36. The summed E-state index contributed by atoms with van der Waals surface area (Å²) in [5.41, 5.74) is 1.57. The summed E-state index contributed by atoms with van der Waals surface area (Å²) in [5, 5.41) is 6.64. The monoisotopic (exact) mass is 289 g/mol. The molecule has 0 aliphatic carbocycles. The number of hydrogen-bond acceptors (Lipinski definition) is 6. The Hall–Kier alpha value is -1.89. The zero-order valence-electron chi connectivity index (χ0n) is 12.5. The Kier molecular flexibility index (Phi) is 4.49. The SMILES string of the molecule is CCCNc1nc(NCCN2CCCC2)c2[nH]cnc2n1. The number of fused-ring (bicyclic) bond motifs is 1. The fourth-order valence-electron chi connectivity index (χ4n) is 2.62. The number of nitrogens with zero attached hydrogens (tertiary/aromatic N) is 4. The van der Waals surface area contributed by atoms with Crippen LogP contribution in [-0.2, 0) is 0 Å². The molecule has 1 aliphatic rings. The zero-order chi connectivity index (χ0) is 14.5. The minimum absolute atomic E-state index is 0.639. The predicted molar refractivity (Wildman–Crippen MR) is 84.6 cm³/mol. The lowest BCUT2D eigenvalue weighted by atomic mass is 10.4. The van der Waals surface area contributed by atoms with Gasteiger partial charge in [0.1, 0.15) is 5.52 Å². The van der Waals surface area contributed by atoms with Crippen molar-refractivity contribution in [2.24, 2.45) is 0 Å². The molecule has 7 nitrogen and oxygen atoms in total. The molecule has 21 heavy (non-hydrogen) atoms. The summed E-state index contributed by atoms with van der Waals surface area (Å²) < 4.78 is 0. The summed E-state index contributed by atoms with van der Waals surface area (Å²) in [6, 6.07) is 0. The fraction of sp³-hybridized carbons (Fsp3) is 0.643. The zero-order valence-corrected chi connectivity index (χ0v) is 12.5. The molecule has 3 heterocycles. The summed E-state index contributed by atoms with van der Waals surface area (Å²) in [4.78, 5) is 18.8. The largest absolute Gasteiger partial charge is 0.367 e. The number of imidazole rings is 1. The lowest BCUT2D eigenvalue weighted by Gasteiger charge is -2.15. The molecule has 0 unspecified atom stereocenters. The normalized spacial score (nSPS) is 15.7. The first-order chi connectivity index (χ1) is 10.4. The van der Waals surface area contributed by atoms with Gasteiger partial charge in [-0.15, -0.1) is 0 Å². The molecule has 0 aromatic carbocycles. The molecule has 2 aromatic heterocycles. The second kappa shape index (κ2) is 6.71. The van der Waals surface area contributed by atoms with Crippen LogP contribution in [0.5, 0.6) is 0 Å². The summed E-state index contributed by atoms with van der Waals surface area (Å²) in [6.07, 6.45) is 5.35.